The van der Waals surface area contributed by atoms with Crippen LogP contribution >= 0.6 is 0 Å². The van der Waals surface area contributed by atoms with E-state index in [4.69, 9.17) is 0 Å². The summed E-state index contributed by atoms with van der Waals surface area (Å²) in [5.41, 5.74) is 0.206. The van der Waals surface area contributed by atoms with Crippen molar-refractivity contribution < 1.29 is 13.9 Å². The molecule has 25 heavy (non-hydrogen) atoms. The van der Waals surface area contributed by atoms with Gasteiger partial charge in [0.25, 0.3) is 12.2 Å². The van der Waals surface area contributed by atoms with Crippen LogP contribution in [0.15, 0.2) is 36.7 Å². The molecule has 0 aliphatic rings. The van der Waals surface area contributed by atoms with Crippen LogP contribution in [0.2, 0.25) is 0 Å². The lowest BCUT2D eigenvalue weighted by atomic mass is 9.91. The van der Waals surface area contributed by atoms with Gasteiger partial charge < -0.3 is 10.4 Å². The monoisotopic (exact) mass is 347 g/mol. The van der Waals surface area contributed by atoms with E-state index in [-0.39, 0.29) is 5.56 Å². The highest BCUT2D eigenvalue weighted by Crippen LogP contribution is 2.31. The number of nitrogens with zero attached hydrogens (tertiary/aromatic N) is 4. The molecule has 2 aromatic heterocycles. The van der Waals surface area contributed by atoms with Crippen molar-refractivity contribution in [2.75, 3.05) is 5.32 Å². The molecule has 3 rings (SSSR count). The average Bonchev–Trinajstić information content (AvgIpc) is 2.99. The van der Waals surface area contributed by atoms with Gasteiger partial charge in [-0.15, -0.1) is 0 Å². The Morgan fingerprint density at radius 1 is 1.16 bits per heavy atom. The van der Waals surface area contributed by atoms with Crippen molar-refractivity contribution in [2.24, 2.45) is 0 Å². The minimum atomic E-state index is -2.53. The van der Waals surface area contributed by atoms with Gasteiger partial charge in [0.05, 0.1) is 11.6 Å². The van der Waals surface area contributed by atoms with E-state index < -0.39 is 18.1 Å². The first-order chi connectivity index (χ1) is 11.8. The third kappa shape index (κ3) is 3.58. The van der Waals surface area contributed by atoms with Gasteiger partial charge in [0.1, 0.15) is 12.1 Å². The van der Waals surface area contributed by atoms with E-state index in [1.54, 1.807) is 32.0 Å². The molecular weight excluding hydrogens is 328 g/mol. The zero-order valence-electron chi connectivity index (χ0n) is 14.1. The molecule has 0 spiro atoms. The van der Waals surface area contributed by atoms with Gasteiger partial charge in [-0.05, 0) is 26.3 Å². The molecule has 0 amide bonds. The Kier molecular flexibility index (Phi) is 4.38. The van der Waals surface area contributed by atoms with Gasteiger partial charge >= 0.3 is 0 Å². The standard InChI is InChI=1S/C17H19F2N5O/c1-10-8-13(24-16(22-10)20-9-21-24)23-14(17(2,3)25)11-4-6-12(7-5-11)15(18)19/h4-9,14-15,23,25H,1-3H3/t14-/m0/s1. The fraction of sp³-hybridized carbons (Fsp3) is 0.353. The lowest BCUT2D eigenvalue weighted by Gasteiger charge is -2.31. The van der Waals surface area contributed by atoms with Crippen LogP contribution in [0.5, 0.6) is 0 Å². The fourth-order valence-electron chi connectivity index (χ4n) is 2.68. The predicted octanol–water partition coefficient (Wildman–Crippen LogP) is 3.29. The van der Waals surface area contributed by atoms with Gasteiger partial charge in [0.2, 0.25) is 0 Å². The summed E-state index contributed by atoms with van der Waals surface area (Å²) in [4.78, 5) is 8.34. The van der Waals surface area contributed by atoms with Gasteiger partial charge in [-0.3, -0.25) is 0 Å². The molecule has 0 saturated carbocycles. The van der Waals surface area contributed by atoms with Gasteiger partial charge in [-0.1, -0.05) is 24.3 Å². The highest BCUT2D eigenvalue weighted by atomic mass is 19.3. The Balaban J connectivity index is 2.00. The lowest BCUT2D eigenvalue weighted by molar-refractivity contribution is 0.0587. The quantitative estimate of drug-likeness (QED) is 0.741. The van der Waals surface area contributed by atoms with Crippen molar-refractivity contribution in [1.29, 1.82) is 0 Å². The molecule has 0 aliphatic heterocycles. The predicted molar refractivity (Wildman–Crippen MR) is 89.6 cm³/mol. The van der Waals surface area contributed by atoms with E-state index in [2.05, 4.69) is 20.4 Å². The second-order valence-corrected chi connectivity index (χ2v) is 6.45. The molecule has 3 aromatic rings. The average molecular weight is 347 g/mol. The molecule has 132 valence electrons. The summed E-state index contributed by atoms with van der Waals surface area (Å²) in [5, 5.41) is 18.0. The zero-order chi connectivity index (χ0) is 18.2. The van der Waals surface area contributed by atoms with Crippen LogP contribution < -0.4 is 5.32 Å². The number of halogens is 2. The van der Waals surface area contributed by atoms with E-state index in [0.29, 0.717) is 17.2 Å². The van der Waals surface area contributed by atoms with E-state index >= 15 is 0 Å². The molecule has 8 heteroatoms. The summed E-state index contributed by atoms with van der Waals surface area (Å²) < 4.78 is 27.1. The summed E-state index contributed by atoms with van der Waals surface area (Å²) in [7, 11) is 0. The minimum Gasteiger partial charge on any atom is -0.388 e. The number of aryl methyl sites for hydroxylation is 1. The summed E-state index contributed by atoms with van der Waals surface area (Å²) >= 11 is 0. The van der Waals surface area contributed by atoms with Crippen LogP contribution in [0, 0.1) is 6.92 Å². The van der Waals surface area contributed by atoms with Gasteiger partial charge in [-0.25, -0.2) is 13.8 Å². The fourth-order valence-corrected chi connectivity index (χ4v) is 2.68. The first kappa shape index (κ1) is 17.2. The zero-order valence-corrected chi connectivity index (χ0v) is 14.1. The lowest BCUT2D eigenvalue weighted by Crippen LogP contribution is -2.35. The maximum absolute atomic E-state index is 12.8. The van der Waals surface area contributed by atoms with Crippen LogP contribution in [0.4, 0.5) is 14.6 Å². The summed E-state index contributed by atoms with van der Waals surface area (Å²) in [6.45, 7) is 5.13. The maximum Gasteiger partial charge on any atom is 0.263 e. The number of anilines is 1. The van der Waals surface area contributed by atoms with Crippen molar-refractivity contribution >= 4 is 11.6 Å². The number of nitrogens with one attached hydrogen (secondary N) is 1. The number of hydrogen-bond acceptors (Lipinski definition) is 5. The molecule has 0 fully saturated rings. The molecule has 0 saturated heterocycles. The smallest absolute Gasteiger partial charge is 0.263 e. The first-order valence-corrected chi connectivity index (χ1v) is 7.80. The molecule has 2 heterocycles. The second-order valence-electron chi connectivity index (χ2n) is 6.45. The van der Waals surface area contributed by atoms with Gasteiger partial charge in [-0.2, -0.15) is 14.6 Å². The Hall–Kier alpha value is -2.61. The number of aliphatic hydroxyl groups is 1. The van der Waals surface area contributed by atoms with Crippen molar-refractivity contribution in [1.82, 2.24) is 19.6 Å². The number of alkyl halides is 2. The topological polar surface area (TPSA) is 75.3 Å². The second kappa shape index (κ2) is 6.36. The molecular formula is C17H19F2N5O. The molecule has 0 aliphatic carbocycles. The highest BCUT2D eigenvalue weighted by molar-refractivity contribution is 5.47. The van der Waals surface area contributed by atoms with Gasteiger partial charge in [0.15, 0.2) is 0 Å². The molecule has 0 unspecified atom stereocenters. The Morgan fingerprint density at radius 2 is 1.80 bits per heavy atom. The third-order valence-electron chi connectivity index (χ3n) is 3.90. The SMILES string of the molecule is Cc1cc(N[C@@H](c2ccc(C(F)F)cc2)C(C)(C)O)n2ncnc2n1. The Labute approximate surface area is 143 Å². The van der Waals surface area contributed by atoms with Gasteiger partial charge in [0, 0.05) is 17.3 Å². The number of hydrogen-bond donors (Lipinski definition) is 2. The largest absolute Gasteiger partial charge is 0.388 e. The molecule has 0 bridgehead atoms. The number of benzene rings is 1. The molecule has 6 nitrogen and oxygen atoms in total. The maximum atomic E-state index is 12.8. The van der Waals surface area contributed by atoms with E-state index in [9.17, 15) is 13.9 Å². The first-order valence-electron chi connectivity index (χ1n) is 7.80. The van der Waals surface area contributed by atoms with Crippen molar-refractivity contribution in [3.63, 3.8) is 0 Å². The molecule has 1 aromatic carbocycles. The highest BCUT2D eigenvalue weighted by Gasteiger charge is 2.29. The van der Waals surface area contributed by atoms with Crippen molar-refractivity contribution in [3.8, 4) is 0 Å². The minimum absolute atomic E-state index is 0.0586. The summed E-state index contributed by atoms with van der Waals surface area (Å²) in [6, 6.07) is 7.14. The van der Waals surface area contributed by atoms with Crippen LogP contribution in [0.3, 0.4) is 0 Å². The number of aromatic nitrogens is 4. The van der Waals surface area contributed by atoms with Crippen LogP contribution in [-0.4, -0.2) is 30.3 Å². The normalized spacial score (nSPS) is 13.4. The molecule has 2 N–H and O–H groups in total. The number of fused-ring (bicyclic) bond motifs is 1. The van der Waals surface area contributed by atoms with Crippen LogP contribution in [0.25, 0.3) is 5.78 Å². The number of rotatable bonds is 5. The van der Waals surface area contributed by atoms with Crippen LogP contribution in [0.1, 0.15) is 43.1 Å². The van der Waals surface area contributed by atoms with Crippen molar-refractivity contribution in [3.05, 3.63) is 53.5 Å². The molecule has 0 radical (unpaired) electrons. The van der Waals surface area contributed by atoms with E-state index in [1.807, 2.05) is 6.92 Å². The molecule has 1 atom stereocenters. The summed E-state index contributed by atoms with van der Waals surface area (Å²) in [6.07, 6.45) is -1.14. The van der Waals surface area contributed by atoms with Crippen molar-refractivity contribution in [2.45, 2.75) is 38.8 Å². The Morgan fingerprint density at radius 3 is 2.40 bits per heavy atom. The van der Waals surface area contributed by atoms with E-state index in [1.165, 1.54) is 23.0 Å². The third-order valence-corrected chi connectivity index (χ3v) is 3.90. The van der Waals surface area contributed by atoms with Crippen LogP contribution in [-0.2, 0) is 0 Å². The Bertz CT molecular complexity index is 871. The van der Waals surface area contributed by atoms with E-state index in [0.717, 1.165) is 5.69 Å². The summed E-state index contributed by atoms with van der Waals surface area (Å²) in [5.74, 6) is 1.04.